The van der Waals surface area contributed by atoms with Crippen LogP contribution in [0.1, 0.15) is 38.1 Å². The molecule has 0 bridgehead atoms. The summed E-state index contributed by atoms with van der Waals surface area (Å²) in [6, 6.07) is 4.60. The SMILES string of the molecule is c1cc(N2CCOCC2)ncc1-c1nc(NCCN2CCOCC2)c2ncn(C3CCCCC3)c2n1. The molecule has 6 rings (SSSR count). The van der Waals surface area contributed by atoms with Crippen LogP contribution in [0.4, 0.5) is 11.6 Å². The fourth-order valence-corrected chi connectivity index (χ4v) is 5.45. The number of hydrogen-bond acceptors (Lipinski definition) is 9. The zero-order chi connectivity index (χ0) is 24.2. The Labute approximate surface area is 212 Å². The number of fused-ring (bicyclic) bond motifs is 1. The summed E-state index contributed by atoms with van der Waals surface area (Å²) in [7, 11) is 0. The Bertz CT molecular complexity index is 1130. The van der Waals surface area contributed by atoms with Crippen LogP contribution in [0, 0.1) is 0 Å². The molecule has 192 valence electrons. The molecule has 0 unspecified atom stereocenters. The Balaban J connectivity index is 1.29. The first-order chi connectivity index (χ1) is 17.8. The van der Waals surface area contributed by atoms with Crippen molar-refractivity contribution in [3.63, 3.8) is 0 Å². The topological polar surface area (TPSA) is 93.5 Å². The molecule has 3 aromatic rings. The van der Waals surface area contributed by atoms with Crippen LogP contribution in [0.2, 0.25) is 0 Å². The summed E-state index contributed by atoms with van der Waals surface area (Å²) >= 11 is 0. The van der Waals surface area contributed by atoms with E-state index in [1.807, 2.05) is 12.5 Å². The van der Waals surface area contributed by atoms with Crippen molar-refractivity contribution in [2.24, 2.45) is 0 Å². The smallest absolute Gasteiger partial charge is 0.166 e. The molecular formula is C26H36N8O2. The minimum absolute atomic E-state index is 0.453. The van der Waals surface area contributed by atoms with E-state index in [9.17, 15) is 0 Å². The first-order valence-corrected chi connectivity index (χ1v) is 13.4. The lowest BCUT2D eigenvalue weighted by atomic mass is 9.95. The van der Waals surface area contributed by atoms with E-state index in [-0.39, 0.29) is 0 Å². The highest BCUT2D eigenvalue weighted by Gasteiger charge is 2.22. The van der Waals surface area contributed by atoms with Gasteiger partial charge in [0, 0.05) is 57.1 Å². The van der Waals surface area contributed by atoms with E-state index in [4.69, 9.17) is 29.4 Å². The molecule has 3 aliphatic rings. The molecular weight excluding hydrogens is 456 g/mol. The van der Waals surface area contributed by atoms with Crippen LogP contribution in [-0.2, 0) is 9.47 Å². The molecule has 1 saturated carbocycles. The standard InChI is InChI=1S/C26H36N8O2/c1-2-4-21(5-3-1)34-19-29-23-25(27-8-9-32-10-14-35-15-11-32)30-24(31-26(23)34)20-6-7-22(28-18-20)33-12-16-36-17-13-33/h6-7,18-19,21H,1-5,8-17H2,(H,27,30,31). The number of aromatic nitrogens is 5. The molecule has 3 aromatic heterocycles. The van der Waals surface area contributed by atoms with Crippen LogP contribution >= 0.6 is 0 Å². The van der Waals surface area contributed by atoms with Crippen molar-refractivity contribution >= 4 is 22.8 Å². The van der Waals surface area contributed by atoms with Gasteiger partial charge in [-0.05, 0) is 25.0 Å². The second-order valence-electron chi connectivity index (χ2n) is 9.90. The molecule has 0 spiro atoms. The third-order valence-electron chi connectivity index (χ3n) is 7.55. The van der Waals surface area contributed by atoms with E-state index < -0.39 is 0 Å². The number of pyridine rings is 1. The Hall–Kier alpha value is -2.82. The van der Waals surface area contributed by atoms with E-state index in [1.165, 1.54) is 32.1 Å². The molecule has 5 heterocycles. The fraction of sp³-hybridized carbons (Fsp3) is 0.615. The Morgan fingerprint density at radius 1 is 0.889 bits per heavy atom. The number of imidazole rings is 1. The molecule has 1 N–H and O–H groups in total. The third kappa shape index (κ3) is 5.16. The summed E-state index contributed by atoms with van der Waals surface area (Å²) < 4.78 is 13.2. The van der Waals surface area contributed by atoms with Gasteiger partial charge in [-0.15, -0.1) is 0 Å². The van der Waals surface area contributed by atoms with Gasteiger partial charge in [0.1, 0.15) is 11.3 Å². The van der Waals surface area contributed by atoms with Gasteiger partial charge in [0.2, 0.25) is 0 Å². The van der Waals surface area contributed by atoms with Crippen molar-refractivity contribution in [2.45, 2.75) is 38.1 Å². The summed E-state index contributed by atoms with van der Waals surface area (Å²) in [5.74, 6) is 2.46. The first-order valence-electron chi connectivity index (χ1n) is 13.4. The van der Waals surface area contributed by atoms with Gasteiger partial charge in [0.05, 0.1) is 32.8 Å². The molecule has 0 atom stereocenters. The monoisotopic (exact) mass is 492 g/mol. The van der Waals surface area contributed by atoms with Crippen molar-refractivity contribution < 1.29 is 9.47 Å². The Kier molecular flexibility index (Phi) is 7.24. The highest BCUT2D eigenvalue weighted by atomic mass is 16.5. The number of hydrogen-bond donors (Lipinski definition) is 1. The number of nitrogens with one attached hydrogen (secondary N) is 1. The molecule has 3 fully saturated rings. The second kappa shape index (κ2) is 11.1. The average Bonchev–Trinajstić information content (AvgIpc) is 3.39. The van der Waals surface area contributed by atoms with Gasteiger partial charge < -0.3 is 24.3 Å². The van der Waals surface area contributed by atoms with Crippen molar-refractivity contribution in [3.8, 4) is 11.4 Å². The summed E-state index contributed by atoms with van der Waals surface area (Å²) in [6.45, 7) is 8.54. The number of ether oxygens (including phenoxy) is 2. The maximum Gasteiger partial charge on any atom is 0.166 e. The average molecular weight is 493 g/mol. The van der Waals surface area contributed by atoms with Crippen LogP contribution in [0.15, 0.2) is 24.7 Å². The molecule has 10 nitrogen and oxygen atoms in total. The lowest BCUT2D eigenvalue weighted by Crippen LogP contribution is -2.39. The first kappa shape index (κ1) is 23.6. The minimum atomic E-state index is 0.453. The van der Waals surface area contributed by atoms with Crippen LogP contribution in [0.25, 0.3) is 22.6 Å². The van der Waals surface area contributed by atoms with Gasteiger partial charge in [-0.2, -0.15) is 0 Å². The second-order valence-corrected chi connectivity index (χ2v) is 9.90. The van der Waals surface area contributed by atoms with Crippen LogP contribution < -0.4 is 10.2 Å². The highest BCUT2D eigenvalue weighted by molar-refractivity contribution is 5.85. The number of rotatable bonds is 7. The van der Waals surface area contributed by atoms with Crippen LogP contribution in [0.5, 0.6) is 0 Å². The van der Waals surface area contributed by atoms with Crippen LogP contribution in [-0.4, -0.2) is 95.1 Å². The van der Waals surface area contributed by atoms with Gasteiger partial charge >= 0.3 is 0 Å². The maximum atomic E-state index is 5.48. The number of morpholine rings is 2. The molecule has 36 heavy (non-hydrogen) atoms. The van der Waals surface area contributed by atoms with Gasteiger partial charge in [-0.3, -0.25) is 4.90 Å². The molecule has 0 aromatic carbocycles. The van der Waals surface area contributed by atoms with Crippen molar-refractivity contribution in [1.82, 2.24) is 29.4 Å². The zero-order valence-corrected chi connectivity index (χ0v) is 20.9. The molecule has 2 aliphatic heterocycles. The number of nitrogens with zero attached hydrogens (tertiary/aromatic N) is 7. The zero-order valence-electron chi connectivity index (χ0n) is 20.9. The Morgan fingerprint density at radius 2 is 1.67 bits per heavy atom. The minimum Gasteiger partial charge on any atom is -0.379 e. The molecule has 10 heteroatoms. The molecule has 1 aliphatic carbocycles. The van der Waals surface area contributed by atoms with Gasteiger partial charge in [-0.25, -0.2) is 19.9 Å². The lowest BCUT2D eigenvalue weighted by Gasteiger charge is -2.27. The van der Waals surface area contributed by atoms with Crippen molar-refractivity contribution in [1.29, 1.82) is 0 Å². The van der Waals surface area contributed by atoms with E-state index in [1.54, 1.807) is 0 Å². The highest BCUT2D eigenvalue weighted by Crippen LogP contribution is 2.32. The predicted octanol–water partition coefficient (Wildman–Crippen LogP) is 2.97. The fourth-order valence-electron chi connectivity index (χ4n) is 5.45. The van der Waals surface area contributed by atoms with E-state index in [0.29, 0.717) is 11.9 Å². The van der Waals surface area contributed by atoms with Gasteiger partial charge in [0.25, 0.3) is 0 Å². The summed E-state index contributed by atoms with van der Waals surface area (Å²) in [4.78, 5) is 24.2. The van der Waals surface area contributed by atoms with E-state index in [2.05, 4.69) is 31.8 Å². The molecule has 0 radical (unpaired) electrons. The summed E-state index contributed by atoms with van der Waals surface area (Å²) in [5, 5.41) is 3.57. The maximum absolute atomic E-state index is 5.48. The molecule has 2 saturated heterocycles. The normalized spacial score (nSPS) is 20.2. The lowest BCUT2D eigenvalue weighted by molar-refractivity contribution is 0.0398. The quantitative estimate of drug-likeness (QED) is 0.534. The van der Waals surface area contributed by atoms with Gasteiger partial charge in [0.15, 0.2) is 17.3 Å². The number of anilines is 2. The third-order valence-corrected chi connectivity index (χ3v) is 7.55. The van der Waals surface area contributed by atoms with Gasteiger partial charge in [-0.1, -0.05) is 19.3 Å². The summed E-state index contributed by atoms with van der Waals surface area (Å²) in [5.41, 5.74) is 2.68. The van der Waals surface area contributed by atoms with Crippen LogP contribution in [0.3, 0.4) is 0 Å². The van der Waals surface area contributed by atoms with E-state index >= 15 is 0 Å². The predicted molar refractivity (Wildman–Crippen MR) is 139 cm³/mol. The van der Waals surface area contributed by atoms with Crippen molar-refractivity contribution in [2.75, 3.05) is 75.9 Å². The molecule has 0 amide bonds. The summed E-state index contributed by atoms with van der Waals surface area (Å²) in [6.07, 6.45) is 10.1. The van der Waals surface area contributed by atoms with E-state index in [0.717, 1.165) is 94.1 Å². The Morgan fingerprint density at radius 3 is 2.42 bits per heavy atom. The largest absolute Gasteiger partial charge is 0.379 e. The van der Waals surface area contributed by atoms with Crippen molar-refractivity contribution in [3.05, 3.63) is 24.7 Å².